The largest absolute Gasteiger partial charge is 0.355 e. The van der Waals surface area contributed by atoms with Gasteiger partial charge in [0.25, 0.3) is 0 Å². The van der Waals surface area contributed by atoms with Gasteiger partial charge in [0.2, 0.25) is 5.91 Å². The molecule has 0 spiro atoms. The summed E-state index contributed by atoms with van der Waals surface area (Å²) in [5.41, 5.74) is 5.36. The average molecular weight is 292 g/mol. The molecule has 0 saturated heterocycles. The zero-order chi connectivity index (χ0) is 13.8. The van der Waals surface area contributed by atoms with Gasteiger partial charge in [0, 0.05) is 43.4 Å². The molecule has 3 N–H and O–H groups in total. The lowest BCUT2D eigenvalue weighted by molar-refractivity contribution is -0.127. The maximum absolute atomic E-state index is 11.5. The maximum Gasteiger partial charge on any atom is 0.220 e. The third-order valence-corrected chi connectivity index (χ3v) is 4.99. The van der Waals surface area contributed by atoms with Crippen molar-refractivity contribution in [3.63, 3.8) is 0 Å². The Balaban J connectivity index is 3.46. The Morgan fingerprint density at radius 3 is 2.50 bits per heavy atom. The van der Waals surface area contributed by atoms with Crippen LogP contribution >= 0.6 is 21.6 Å². The second-order valence-electron chi connectivity index (χ2n) is 4.06. The number of nitrogens with two attached hydrogens (primary N) is 1. The van der Waals surface area contributed by atoms with Crippen LogP contribution in [0.1, 0.15) is 33.1 Å². The van der Waals surface area contributed by atoms with E-state index < -0.39 is 0 Å². The van der Waals surface area contributed by atoms with Crippen molar-refractivity contribution in [2.75, 3.05) is 24.6 Å². The van der Waals surface area contributed by atoms with E-state index in [1.165, 1.54) is 0 Å². The van der Waals surface area contributed by atoms with Crippen molar-refractivity contribution in [2.45, 2.75) is 33.1 Å². The average Bonchev–Trinajstić information content (AvgIpc) is 2.38. The topological polar surface area (TPSA) is 72.2 Å². The van der Waals surface area contributed by atoms with Gasteiger partial charge in [0.05, 0.1) is 0 Å². The van der Waals surface area contributed by atoms with Crippen molar-refractivity contribution >= 4 is 33.3 Å². The van der Waals surface area contributed by atoms with Crippen molar-refractivity contribution < 1.29 is 9.59 Å². The highest BCUT2D eigenvalue weighted by Gasteiger charge is 2.12. The predicted octanol–water partition coefficient (Wildman–Crippen LogP) is 1.84. The molecule has 106 valence electrons. The van der Waals surface area contributed by atoms with Gasteiger partial charge < -0.3 is 11.1 Å². The molecule has 0 heterocycles. The second kappa shape index (κ2) is 11.9. The summed E-state index contributed by atoms with van der Waals surface area (Å²) < 4.78 is 0. The monoisotopic (exact) mass is 292 g/mol. The SMILES string of the molecule is CCC(C)C(=O)CCC(=O)NCCSSCCN. The molecule has 0 rings (SSSR count). The highest BCUT2D eigenvalue weighted by molar-refractivity contribution is 8.76. The molecular formula is C12H24N2O2S2. The maximum atomic E-state index is 11.5. The Hall–Kier alpha value is -0.200. The van der Waals surface area contributed by atoms with E-state index in [-0.39, 0.29) is 17.6 Å². The minimum atomic E-state index is -0.0314. The summed E-state index contributed by atoms with van der Waals surface area (Å²) in [6.45, 7) is 5.23. The number of hydrogen-bond acceptors (Lipinski definition) is 5. The number of amides is 1. The molecule has 1 amide bonds. The highest BCUT2D eigenvalue weighted by Crippen LogP contribution is 2.18. The minimum absolute atomic E-state index is 0.0314. The smallest absolute Gasteiger partial charge is 0.220 e. The predicted molar refractivity (Wildman–Crippen MR) is 80.7 cm³/mol. The molecule has 1 unspecified atom stereocenters. The number of carbonyl (C=O) groups excluding carboxylic acids is 2. The minimum Gasteiger partial charge on any atom is -0.355 e. The Morgan fingerprint density at radius 1 is 1.22 bits per heavy atom. The first-order valence-corrected chi connectivity index (χ1v) is 8.84. The molecule has 4 nitrogen and oxygen atoms in total. The molecule has 0 aromatic carbocycles. The lowest BCUT2D eigenvalue weighted by Crippen LogP contribution is -2.26. The molecule has 0 aliphatic carbocycles. The van der Waals surface area contributed by atoms with Gasteiger partial charge in [-0.15, -0.1) is 0 Å². The van der Waals surface area contributed by atoms with E-state index in [9.17, 15) is 9.59 Å². The number of Topliss-reactive ketones (excluding diaryl/α,β-unsaturated/α-hetero) is 1. The fourth-order valence-corrected chi connectivity index (χ4v) is 2.96. The molecule has 0 aliphatic rings. The number of carbonyl (C=O) groups is 2. The van der Waals surface area contributed by atoms with Crippen LogP contribution in [0.15, 0.2) is 0 Å². The summed E-state index contributed by atoms with van der Waals surface area (Å²) in [7, 11) is 3.42. The summed E-state index contributed by atoms with van der Waals surface area (Å²) in [5.74, 6) is 2.02. The lowest BCUT2D eigenvalue weighted by Gasteiger charge is -2.07. The zero-order valence-corrected chi connectivity index (χ0v) is 12.9. The van der Waals surface area contributed by atoms with Crippen molar-refractivity contribution in [1.82, 2.24) is 5.32 Å². The number of ketones is 1. The standard InChI is InChI=1S/C12H24N2O2S2/c1-3-10(2)11(15)4-5-12(16)14-7-9-18-17-8-6-13/h10H,3-9,13H2,1-2H3,(H,14,16). The third kappa shape index (κ3) is 9.79. The lowest BCUT2D eigenvalue weighted by atomic mass is 10.00. The first-order valence-electron chi connectivity index (χ1n) is 6.35. The highest BCUT2D eigenvalue weighted by atomic mass is 33.1. The van der Waals surface area contributed by atoms with Crippen molar-refractivity contribution in [2.24, 2.45) is 11.7 Å². The quantitative estimate of drug-likeness (QED) is 0.449. The molecular weight excluding hydrogens is 268 g/mol. The Labute approximate surface area is 118 Å². The third-order valence-electron chi connectivity index (χ3n) is 2.55. The molecule has 0 fully saturated rings. The molecule has 0 aromatic heterocycles. The first-order chi connectivity index (χ1) is 8.61. The zero-order valence-electron chi connectivity index (χ0n) is 11.2. The first kappa shape index (κ1) is 17.8. The van der Waals surface area contributed by atoms with Crippen LogP contribution < -0.4 is 11.1 Å². The summed E-state index contributed by atoms with van der Waals surface area (Å²) in [6.07, 6.45) is 1.51. The molecule has 0 bridgehead atoms. The number of hydrogen-bond donors (Lipinski definition) is 2. The van der Waals surface area contributed by atoms with Gasteiger partial charge in [-0.2, -0.15) is 0 Å². The summed E-state index contributed by atoms with van der Waals surface area (Å²) >= 11 is 0. The molecule has 0 aliphatic heterocycles. The van der Waals surface area contributed by atoms with E-state index >= 15 is 0 Å². The van der Waals surface area contributed by atoms with E-state index in [0.29, 0.717) is 25.9 Å². The van der Waals surface area contributed by atoms with Gasteiger partial charge >= 0.3 is 0 Å². The van der Waals surface area contributed by atoms with Crippen molar-refractivity contribution in [1.29, 1.82) is 0 Å². The second-order valence-corrected chi connectivity index (χ2v) is 6.76. The van der Waals surface area contributed by atoms with Crippen LogP contribution in [-0.2, 0) is 9.59 Å². The van der Waals surface area contributed by atoms with Crippen molar-refractivity contribution in [3.05, 3.63) is 0 Å². The molecule has 18 heavy (non-hydrogen) atoms. The van der Waals surface area contributed by atoms with Crippen LogP contribution in [0.5, 0.6) is 0 Å². The van der Waals surface area contributed by atoms with Crippen LogP contribution in [0.4, 0.5) is 0 Å². The van der Waals surface area contributed by atoms with Crippen LogP contribution in [0, 0.1) is 5.92 Å². The van der Waals surface area contributed by atoms with Gasteiger partial charge in [-0.25, -0.2) is 0 Å². The van der Waals surface area contributed by atoms with Crippen LogP contribution in [0.25, 0.3) is 0 Å². The normalized spacial score (nSPS) is 12.2. The molecule has 0 radical (unpaired) electrons. The van der Waals surface area contributed by atoms with E-state index in [0.717, 1.165) is 17.9 Å². The van der Waals surface area contributed by atoms with E-state index in [2.05, 4.69) is 5.32 Å². The summed E-state index contributed by atoms with van der Waals surface area (Å²) in [4.78, 5) is 23.0. The van der Waals surface area contributed by atoms with Gasteiger partial charge in [-0.05, 0) is 6.42 Å². The van der Waals surface area contributed by atoms with Crippen LogP contribution in [0.3, 0.4) is 0 Å². The van der Waals surface area contributed by atoms with Crippen LogP contribution in [0.2, 0.25) is 0 Å². The fraction of sp³-hybridized carbons (Fsp3) is 0.833. The van der Waals surface area contributed by atoms with E-state index in [4.69, 9.17) is 5.73 Å². The summed E-state index contributed by atoms with van der Waals surface area (Å²) in [5, 5.41) is 2.82. The van der Waals surface area contributed by atoms with Gasteiger partial charge in [0.1, 0.15) is 5.78 Å². The molecule has 6 heteroatoms. The number of rotatable bonds is 11. The van der Waals surface area contributed by atoms with Gasteiger partial charge in [-0.1, -0.05) is 35.4 Å². The Bertz CT molecular complexity index is 250. The number of nitrogens with one attached hydrogen (secondary N) is 1. The molecule has 0 aromatic rings. The van der Waals surface area contributed by atoms with E-state index in [1.807, 2.05) is 13.8 Å². The van der Waals surface area contributed by atoms with Crippen molar-refractivity contribution in [3.8, 4) is 0 Å². The van der Waals surface area contributed by atoms with E-state index in [1.54, 1.807) is 21.6 Å². The van der Waals surface area contributed by atoms with Gasteiger partial charge in [-0.3, -0.25) is 9.59 Å². The Morgan fingerprint density at radius 2 is 1.89 bits per heavy atom. The molecule has 1 atom stereocenters. The molecule has 0 saturated carbocycles. The Kier molecular flexibility index (Phi) is 11.7. The van der Waals surface area contributed by atoms with Gasteiger partial charge in [0.15, 0.2) is 0 Å². The fourth-order valence-electron chi connectivity index (χ4n) is 1.20. The van der Waals surface area contributed by atoms with Crippen LogP contribution in [-0.4, -0.2) is 36.3 Å². The summed E-state index contributed by atoms with van der Waals surface area (Å²) in [6, 6.07) is 0.